The Kier molecular flexibility index (Phi) is 6.81. The molecular formula is C24H21ClN2O2S. The van der Waals surface area contributed by atoms with Gasteiger partial charge in [0.05, 0.1) is 28.3 Å². The van der Waals surface area contributed by atoms with Gasteiger partial charge in [-0.05, 0) is 38.5 Å². The molecule has 0 amide bonds. The van der Waals surface area contributed by atoms with Crippen LogP contribution in [0, 0.1) is 18.3 Å². The summed E-state index contributed by atoms with van der Waals surface area (Å²) in [6.07, 6.45) is 0. The van der Waals surface area contributed by atoms with Crippen molar-refractivity contribution in [2.75, 3.05) is 5.75 Å². The Morgan fingerprint density at radius 3 is 2.30 bits per heavy atom. The van der Waals surface area contributed by atoms with Gasteiger partial charge in [0.25, 0.3) is 0 Å². The average molecular weight is 437 g/mol. The Morgan fingerprint density at radius 1 is 1.10 bits per heavy atom. The molecule has 2 aromatic carbocycles. The second kappa shape index (κ2) is 9.34. The number of nitrogens with zero attached hydrogens (tertiary/aromatic N) is 1. The molecule has 30 heavy (non-hydrogen) atoms. The molecule has 6 heteroatoms. The predicted molar refractivity (Wildman–Crippen MR) is 121 cm³/mol. The van der Waals surface area contributed by atoms with Crippen LogP contribution < -0.4 is 5.32 Å². The number of hydrogen-bond donors (Lipinski definition) is 1. The zero-order chi connectivity index (χ0) is 21.8. The van der Waals surface area contributed by atoms with E-state index in [0.29, 0.717) is 32.5 Å². The van der Waals surface area contributed by atoms with Gasteiger partial charge in [-0.2, -0.15) is 5.26 Å². The summed E-state index contributed by atoms with van der Waals surface area (Å²) < 4.78 is 0. The number of Topliss-reactive ketones (excluding diaryl/α,β-unsaturated/α-hetero) is 2. The fraction of sp³-hybridized carbons (Fsp3) is 0.208. The van der Waals surface area contributed by atoms with Crippen molar-refractivity contribution in [3.8, 4) is 6.07 Å². The number of ketones is 2. The van der Waals surface area contributed by atoms with Gasteiger partial charge >= 0.3 is 0 Å². The first-order valence-electron chi connectivity index (χ1n) is 9.43. The molecule has 2 aromatic rings. The fourth-order valence-electron chi connectivity index (χ4n) is 3.44. The summed E-state index contributed by atoms with van der Waals surface area (Å²) in [6, 6.07) is 16.8. The summed E-state index contributed by atoms with van der Waals surface area (Å²) in [5.74, 6) is -0.434. The molecule has 0 saturated carbocycles. The molecule has 1 atom stereocenters. The highest BCUT2D eigenvalue weighted by Gasteiger charge is 2.33. The fourth-order valence-corrected chi connectivity index (χ4v) is 4.55. The first-order valence-corrected chi connectivity index (χ1v) is 10.8. The molecule has 3 rings (SSSR count). The topological polar surface area (TPSA) is 70.0 Å². The lowest BCUT2D eigenvalue weighted by atomic mass is 9.81. The molecule has 152 valence electrons. The molecule has 0 radical (unpaired) electrons. The molecule has 0 unspecified atom stereocenters. The summed E-state index contributed by atoms with van der Waals surface area (Å²) in [5, 5.41) is 14.3. The standard InChI is InChI=1S/C24H21ClN2O2S/c1-14-4-6-17(7-5-14)21(29)13-30-24-20(12-26)23(18-8-10-19(25)11-9-18)22(16(3)28)15(2)27-24/h4-11,23,27H,13H2,1-3H3/t23-/m0/s1. The van der Waals surface area contributed by atoms with Gasteiger partial charge in [0.1, 0.15) is 0 Å². The van der Waals surface area contributed by atoms with E-state index in [0.717, 1.165) is 11.1 Å². The van der Waals surface area contributed by atoms with Crippen LogP contribution in [-0.2, 0) is 4.79 Å². The van der Waals surface area contributed by atoms with Crippen molar-refractivity contribution < 1.29 is 9.59 Å². The average Bonchev–Trinajstić information content (AvgIpc) is 2.72. The minimum Gasteiger partial charge on any atom is -0.353 e. The van der Waals surface area contributed by atoms with Crippen LogP contribution in [0.4, 0.5) is 0 Å². The lowest BCUT2D eigenvalue weighted by molar-refractivity contribution is -0.113. The van der Waals surface area contributed by atoms with Crippen LogP contribution >= 0.6 is 23.4 Å². The summed E-state index contributed by atoms with van der Waals surface area (Å²) in [6.45, 7) is 5.28. The van der Waals surface area contributed by atoms with Crippen LogP contribution in [-0.4, -0.2) is 17.3 Å². The Balaban J connectivity index is 1.94. The number of hydrogen-bond acceptors (Lipinski definition) is 5. The minimum absolute atomic E-state index is 0.0198. The van der Waals surface area contributed by atoms with E-state index in [9.17, 15) is 14.9 Å². The van der Waals surface area contributed by atoms with Crippen molar-refractivity contribution in [3.05, 3.63) is 92.1 Å². The summed E-state index contributed by atoms with van der Waals surface area (Å²) in [4.78, 5) is 25.0. The highest BCUT2D eigenvalue weighted by atomic mass is 35.5. The molecule has 1 aliphatic heterocycles. The quantitative estimate of drug-likeness (QED) is 0.601. The lowest BCUT2D eigenvalue weighted by Crippen LogP contribution is -2.27. The Bertz CT molecular complexity index is 1090. The van der Waals surface area contributed by atoms with Crippen molar-refractivity contribution in [1.82, 2.24) is 5.32 Å². The zero-order valence-electron chi connectivity index (χ0n) is 17.0. The second-order valence-electron chi connectivity index (χ2n) is 7.14. The number of dihydropyridines is 1. The number of aryl methyl sites for hydroxylation is 1. The number of carbonyl (C=O) groups excluding carboxylic acids is 2. The van der Waals surface area contributed by atoms with E-state index < -0.39 is 5.92 Å². The van der Waals surface area contributed by atoms with E-state index in [-0.39, 0.29) is 17.3 Å². The molecule has 1 N–H and O–H groups in total. The third-order valence-corrected chi connectivity index (χ3v) is 6.22. The van der Waals surface area contributed by atoms with Crippen molar-refractivity contribution in [1.29, 1.82) is 5.26 Å². The van der Waals surface area contributed by atoms with Crippen molar-refractivity contribution in [3.63, 3.8) is 0 Å². The molecule has 0 bridgehead atoms. The number of nitrogens with one attached hydrogen (secondary N) is 1. The van der Waals surface area contributed by atoms with E-state index in [1.165, 1.54) is 18.7 Å². The first kappa shape index (κ1) is 21.9. The van der Waals surface area contributed by atoms with Gasteiger partial charge in [0, 0.05) is 21.9 Å². The van der Waals surface area contributed by atoms with Gasteiger partial charge < -0.3 is 5.32 Å². The van der Waals surface area contributed by atoms with Crippen LogP contribution in [0.15, 0.2) is 70.4 Å². The van der Waals surface area contributed by atoms with Crippen molar-refractivity contribution >= 4 is 34.9 Å². The molecule has 0 aliphatic carbocycles. The predicted octanol–water partition coefficient (Wildman–Crippen LogP) is 5.55. The number of nitriles is 1. The van der Waals surface area contributed by atoms with Gasteiger partial charge in [-0.1, -0.05) is 65.3 Å². The zero-order valence-corrected chi connectivity index (χ0v) is 18.5. The Morgan fingerprint density at radius 2 is 1.73 bits per heavy atom. The summed E-state index contributed by atoms with van der Waals surface area (Å²) >= 11 is 7.30. The molecule has 1 heterocycles. The molecule has 0 fully saturated rings. The third kappa shape index (κ3) is 4.67. The van der Waals surface area contributed by atoms with E-state index in [4.69, 9.17) is 11.6 Å². The number of halogens is 1. The molecular weight excluding hydrogens is 416 g/mol. The number of rotatable bonds is 6. The van der Waals surface area contributed by atoms with Gasteiger partial charge in [0.15, 0.2) is 11.6 Å². The summed E-state index contributed by atoms with van der Waals surface area (Å²) in [7, 11) is 0. The SMILES string of the molecule is CC(=O)C1=C(C)NC(SCC(=O)c2ccc(C)cc2)=C(C#N)[C@@H]1c1ccc(Cl)cc1. The van der Waals surface area contributed by atoms with Crippen LogP contribution in [0.1, 0.15) is 41.3 Å². The number of carbonyl (C=O) groups is 2. The molecule has 4 nitrogen and oxygen atoms in total. The first-order chi connectivity index (χ1) is 14.3. The number of thioether (sulfide) groups is 1. The minimum atomic E-state index is -0.497. The van der Waals surface area contributed by atoms with Gasteiger partial charge in [0.2, 0.25) is 0 Å². The smallest absolute Gasteiger partial charge is 0.173 e. The van der Waals surface area contributed by atoms with E-state index in [1.807, 2.05) is 50.2 Å². The van der Waals surface area contributed by atoms with Crippen molar-refractivity contribution in [2.24, 2.45) is 0 Å². The van der Waals surface area contributed by atoms with E-state index in [2.05, 4.69) is 11.4 Å². The lowest BCUT2D eigenvalue weighted by Gasteiger charge is -2.29. The molecule has 0 aromatic heterocycles. The van der Waals surface area contributed by atoms with Gasteiger partial charge in [-0.3, -0.25) is 9.59 Å². The van der Waals surface area contributed by atoms with Gasteiger partial charge in [-0.25, -0.2) is 0 Å². The van der Waals surface area contributed by atoms with E-state index >= 15 is 0 Å². The summed E-state index contributed by atoms with van der Waals surface area (Å²) in [5.41, 5.74) is 4.19. The highest BCUT2D eigenvalue weighted by Crippen LogP contribution is 2.41. The molecule has 0 saturated heterocycles. The largest absolute Gasteiger partial charge is 0.353 e. The Labute approximate surface area is 185 Å². The molecule has 0 spiro atoms. The van der Waals surface area contributed by atoms with Crippen molar-refractivity contribution in [2.45, 2.75) is 26.7 Å². The second-order valence-corrected chi connectivity index (χ2v) is 8.56. The Hall–Kier alpha value is -2.81. The highest BCUT2D eigenvalue weighted by molar-refractivity contribution is 8.03. The maximum absolute atomic E-state index is 12.6. The van der Waals surface area contributed by atoms with Crippen LogP contribution in [0.25, 0.3) is 0 Å². The maximum Gasteiger partial charge on any atom is 0.173 e. The monoisotopic (exact) mass is 436 g/mol. The van der Waals surface area contributed by atoms with Crippen LogP contribution in [0.3, 0.4) is 0 Å². The van der Waals surface area contributed by atoms with Crippen LogP contribution in [0.5, 0.6) is 0 Å². The normalized spacial score (nSPS) is 16.2. The molecule has 1 aliphatic rings. The van der Waals surface area contributed by atoms with Crippen LogP contribution in [0.2, 0.25) is 5.02 Å². The third-order valence-electron chi connectivity index (χ3n) is 4.95. The number of benzene rings is 2. The van der Waals surface area contributed by atoms with Gasteiger partial charge in [-0.15, -0.1) is 0 Å². The number of allylic oxidation sites excluding steroid dienone is 3. The maximum atomic E-state index is 12.6. The van der Waals surface area contributed by atoms with E-state index in [1.54, 1.807) is 12.1 Å².